The molecule has 0 bridgehead atoms. The van der Waals surface area contributed by atoms with Gasteiger partial charge in [-0.15, -0.1) is 12.6 Å². The number of nitrogens with zero attached hydrogens (tertiary/aromatic N) is 1. The number of ether oxygens (including phenoxy) is 1. The lowest BCUT2D eigenvalue weighted by molar-refractivity contribution is -0.134. The first-order valence-corrected chi connectivity index (χ1v) is 10.1. The Kier molecular flexibility index (Phi) is 6.98. The predicted molar refractivity (Wildman–Crippen MR) is 112 cm³/mol. The molecule has 5 nitrogen and oxygen atoms in total. The minimum absolute atomic E-state index is 0.0172. The number of carbonyl (C=O) groups excluding carboxylic acids is 2. The van der Waals surface area contributed by atoms with Crippen molar-refractivity contribution in [2.75, 3.05) is 19.7 Å². The molecule has 0 unspecified atom stereocenters. The number of aryl methyl sites for hydroxylation is 1. The standard InChI is InChI=1S/C22H26N2O3S/c1-2-16-7-3-5-9-19(16)27-15-21(25)24-13-11-17(12-14-24)23-22(26)18-8-4-6-10-20(18)28/h3-10,17,28H,2,11-15H2,1H3,(H,23,26). The molecular weight excluding hydrogens is 372 g/mol. The van der Waals surface area contributed by atoms with Gasteiger partial charge >= 0.3 is 0 Å². The highest BCUT2D eigenvalue weighted by Crippen LogP contribution is 2.19. The van der Waals surface area contributed by atoms with Crippen molar-refractivity contribution >= 4 is 24.4 Å². The number of nitrogens with one attached hydrogen (secondary N) is 1. The molecule has 3 rings (SSSR count). The second-order valence-corrected chi connectivity index (χ2v) is 7.38. The van der Waals surface area contributed by atoms with Crippen LogP contribution in [0.4, 0.5) is 0 Å². The zero-order valence-electron chi connectivity index (χ0n) is 16.1. The first-order valence-electron chi connectivity index (χ1n) is 9.65. The van der Waals surface area contributed by atoms with E-state index in [-0.39, 0.29) is 24.5 Å². The third-order valence-electron chi connectivity index (χ3n) is 5.04. The highest BCUT2D eigenvalue weighted by Gasteiger charge is 2.24. The van der Waals surface area contributed by atoms with E-state index >= 15 is 0 Å². The topological polar surface area (TPSA) is 58.6 Å². The smallest absolute Gasteiger partial charge is 0.260 e. The molecule has 2 amide bonds. The van der Waals surface area contributed by atoms with Gasteiger partial charge in [-0.2, -0.15) is 0 Å². The molecule has 1 heterocycles. The van der Waals surface area contributed by atoms with Crippen molar-refractivity contribution in [2.45, 2.75) is 37.1 Å². The average molecular weight is 399 g/mol. The Balaban J connectivity index is 1.46. The van der Waals surface area contributed by atoms with Gasteiger partial charge < -0.3 is 15.0 Å². The van der Waals surface area contributed by atoms with Crippen LogP contribution in [-0.4, -0.2) is 42.5 Å². The number of benzene rings is 2. The molecule has 2 aromatic rings. The fourth-order valence-electron chi connectivity index (χ4n) is 3.37. The van der Waals surface area contributed by atoms with Crippen LogP contribution in [0.3, 0.4) is 0 Å². The first-order chi connectivity index (χ1) is 13.6. The van der Waals surface area contributed by atoms with Crippen molar-refractivity contribution in [1.82, 2.24) is 10.2 Å². The fourth-order valence-corrected chi connectivity index (χ4v) is 3.63. The number of para-hydroxylation sites is 1. The number of likely N-dealkylation sites (tertiary alicyclic amines) is 1. The van der Waals surface area contributed by atoms with Crippen LogP contribution in [-0.2, 0) is 11.2 Å². The lowest BCUT2D eigenvalue weighted by Gasteiger charge is -2.32. The minimum Gasteiger partial charge on any atom is -0.483 e. The van der Waals surface area contributed by atoms with Crippen molar-refractivity contribution in [3.05, 3.63) is 59.7 Å². The molecule has 148 valence electrons. The Morgan fingerprint density at radius 3 is 2.50 bits per heavy atom. The summed E-state index contributed by atoms with van der Waals surface area (Å²) >= 11 is 4.34. The third-order valence-corrected chi connectivity index (χ3v) is 5.43. The molecule has 2 aromatic carbocycles. The summed E-state index contributed by atoms with van der Waals surface area (Å²) in [7, 11) is 0. The molecule has 0 atom stereocenters. The summed E-state index contributed by atoms with van der Waals surface area (Å²) in [5, 5.41) is 3.05. The molecule has 0 radical (unpaired) electrons. The number of hydrogen-bond donors (Lipinski definition) is 2. The maximum absolute atomic E-state index is 12.5. The molecule has 0 saturated carbocycles. The monoisotopic (exact) mass is 398 g/mol. The molecule has 0 spiro atoms. The highest BCUT2D eigenvalue weighted by atomic mass is 32.1. The number of amides is 2. The molecule has 1 N–H and O–H groups in total. The lowest BCUT2D eigenvalue weighted by atomic mass is 10.0. The van der Waals surface area contributed by atoms with Gasteiger partial charge in [-0.05, 0) is 43.0 Å². The van der Waals surface area contributed by atoms with Gasteiger partial charge in [0.2, 0.25) is 0 Å². The van der Waals surface area contributed by atoms with E-state index in [9.17, 15) is 9.59 Å². The summed E-state index contributed by atoms with van der Waals surface area (Å²) < 4.78 is 5.74. The summed E-state index contributed by atoms with van der Waals surface area (Å²) in [6.07, 6.45) is 2.33. The summed E-state index contributed by atoms with van der Waals surface area (Å²) in [6, 6.07) is 15.1. The fraction of sp³-hybridized carbons (Fsp3) is 0.364. The second-order valence-electron chi connectivity index (χ2n) is 6.90. The van der Waals surface area contributed by atoms with Gasteiger partial charge in [0.05, 0.1) is 5.56 Å². The van der Waals surface area contributed by atoms with E-state index in [1.165, 1.54) is 0 Å². The second kappa shape index (κ2) is 9.64. The Morgan fingerprint density at radius 1 is 1.11 bits per heavy atom. The Labute approximate surface area is 171 Å². The average Bonchev–Trinajstić information content (AvgIpc) is 2.73. The van der Waals surface area contributed by atoms with E-state index < -0.39 is 0 Å². The molecule has 1 fully saturated rings. The molecule has 0 aliphatic carbocycles. The van der Waals surface area contributed by atoms with Crippen LogP contribution in [0.15, 0.2) is 53.4 Å². The maximum Gasteiger partial charge on any atom is 0.260 e. The van der Waals surface area contributed by atoms with Gasteiger partial charge in [0.25, 0.3) is 11.8 Å². The maximum atomic E-state index is 12.5. The summed E-state index contributed by atoms with van der Waals surface area (Å²) in [5.74, 6) is 0.636. The van der Waals surface area contributed by atoms with Crippen molar-refractivity contribution in [2.24, 2.45) is 0 Å². The van der Waals surface area contributed by atoms with E-state index in [1.807, 2.05) is 41.3 Å². The van der Waals surface area contributed by atoms with Crippen LogP contribution < -0.4 is 10.1 Å². The van der Waals surface area contributed by atoms with Crippen molar-refractivity contribution in [1.29, 1.82) is 0 Å². The van der Waals surface area contributed by atoms with Gasteiger partial charge in [-0.1, -0.05) is 37.3 Å². The summed E-state index contributed by atoms with van der Waals surface area (Å²) in [6.45, 7) is 3.34. The zero-order valence-corrected chi connectivity index (χ0v) is 17.0. The lowest BCUT2D eigenvalue weighted by Crippen LogP contribution is -2.47. The highest BCUT2D eigenvalue weighted by molar-refractivity contribution is 7.80. The van der Waals surface area contributed by atoms with E-state index in [4.69, 9.17) is 4.74 Å². The number of hydrogen-bond acceptors (Lipinski definition) is 4. The molecule has 28 heavy (non-hydrogen) atoms. The van der Waals surface area contributed by atoms with Crippen LogP contribution in [0.1, 0.15) is 35.7 Å². The number of thiol groups is 1. The van der Waals surface area contributed by atoms with Crippen LogP contribution in [0, 0.1) is 0 Å². The van der Waals surface area contributed by atoms with Crippen LogP contribution in [0.2, 0.25) is 0 Å². The molecular formula is C22H26N2O3S. The first kappa shape index (κ1) is 20.3. The zero-order chi connectivity index (χ0) is 19.9. The predicted octanol–water partition coefficient (Wildman–Crippen LogP) is 3.34. The SMILES string of the molecule is CCc1ccccc1OCC(=O)N1CCC(NC(=O)c2ccccc2S)CC1. The van der Waals surface area contributed by atoms with Crippen LogP contribution >= 0.6 is 12.6 Å². The van der Waals surface area contributed by atoms with Gasteiger partial charge in [-0.25, -0.2) is 0 Å². The van der Waals surface area contributed by atoms with Gasteiger partial charge in [-0.3, -0.25) is 9.59 Å². The molecule has 6 heteroatoms. The van der Waals surface area contributed by atoms with Crippen molar-refractivity contribution in [3.8, 4) is 5.75 Å². The van der Waals surface area contributed by atoms with Crippen LogP contribution in [0.25, 0.3) is 0 Å². The van der Waals surface area contributed by atoms with E-state index in [0.717, 1.165) is 30.6 Å². The molecule has 0 aromatic heterocycles. The summed E-state index contributed by atoms with van der Waals surface area (Å²) in [5.41, 5.74) is 1.67. The Morgan fingerprint density at radius 2 is 1.79 bits per heavy atom. The molecule has 1 aliphatic heterocycles. The summed E-state index contributed by atoms with van der Waals surface area (Å²) in [4.78, 5) is 27.4. The van der Waals surface area contributed by atoms with Gasteiger partial charge in [0.15, 0.2) is 6.61 Å². The number of carbonyl (C=O) groups is 2. The minimum atomic E-state index is -0.116. The van der Waals surface area contributed by atoms with Gasteiger partial charge in [0.1, 0.15) is 5.75 Å². The Bertz CT molecular complexity index is 832. The normalized spacial score (nSPS) is 14.6. The quantitative estimate of drug-likeness (QED) is 0.734. The molecule has 1 aliphatic rings. The number of piperidine rings is 1. The van der Waals surface area contributed by atoms with Crippen molar-refractivity contribution < 1.29 is 14.3 Å². The Hall–Kier alpha value is -2.47. The van der Waals surface area contributed by atoms with Crippen molar-refractivity contribution in [3.63, 3.8) is 0 Å². The third kappa shape index (κ3) is 5.07. The van der Waals surface area contributed by atoms with E-state index in [1.54, 1.807) is 12.1 Å². The van der Waals surface area contributed by atoms with Gasteiger partial charge in [0, 0.05) is 24.0 Å². The number of rotatable bonds is 6. The molecule has 1 saturated heterocycles. The van der Waals surface area contributed by atoms with E-state index in [2.05, 4.69) is 24.9 Å². The van der Waals surface area contributed by atoms with E-state index in [0.29, 0.717) is 23.5 Å². The largest absolute Gasteiger partial charge is 0.483 e. The van der Waals surface area contributed by atoms with Crippen LogP contribution in [0.5, 0.6) is 5.75 Å².